The van der Waals surface area contributed by atoms with Crippen molar-refractivity contribution < 1.29 is 19.1 Å². The molecule has 2 amide bonds. The number of ether oxygens (including phenoxy) is 2. The van der Waals surface area contributed by atoms with E-state index in [0.29, 0.717) is 28.7 Å². The van der Waals surface area contributed by atoms with Crippen LogP contribution in [0.3, 0.4) is 0 Å². The number of thiocarbonyl (C=S) groups is 1. The molecule has 176 valence electrons. The van der Waals surface area contributed by atoms with E-state index in [4.69, 9.17) is 27.4 Å². The Morgan fingerprint density at radius 2 is 1.82 bits per heavy atom. The Hall–Kier alpha value is -2.65. The quantitative estimate of drug-likeness (QED) is 0.494. The highest BCUT2D eigenvalue weighted by Gasteiger charge is 2.25. The van der Waals surface area contributed by atoms with Crippen LogP contribution in [0.1, 0.15) is 48.0 Å². The maximum atomic E-state index is 12.8. The molecule has 0 unspecified atom stereocenters. The molecule has 1 fully saturated rings. The van der Waals surface area contributed by atoms with Gasteiger partial charge in [-0.15, -0.1) is 0 Å². The number of rotatable bonds is 8. The van der Waals surface area contributed by atoms with Crippen LogP contribution in [0.15, 0.2) is 46.9 Å². The van der Waals surface area contributed by atoms with Gasteiger partial charge in [0.05, 0.1) is 7.11 Å². The molecule has 1 aliphatic carbocycles. The molecule has 0 saturated heterocycles. The van der Waals surface area contributed by atoms with Gasteiger partial charge in [-0.1, -0.05) is 41.3 Å². The van der Waals surface area contributed by atoms with E-state index in [-0.39, 0.29) is 18.6 Å². The number of primary amides is 1. The molecule has 7 nitrogen and oxygen atoms in total. The fourth-order valence-electron chi connectivity index (χ4n) is 3.88. The van der Waals surface area contributed by atoms with Gasteiger partial charge in [0.2, 0.25) is 0 Å². The first-order valence-corrected chi connectivity index (χ1v) is 12.0. The number of halogens is 1. The van der Waals surface area contributed by atoms with Gasteiger partial charge in [0, 0.05) is 22.6 Å². The first-order valence-electron chi connectivity index (χ1n) is 10.8. The summed E-state index contributed by atoms with van der Waals surface area (Å²) in [5.74, 6) is 0.148. The second-order valence-corrected chi connectivity index (χ2v) is 9.23. The first kappa shape index (κ1) is 25.0. The van der Waals surface area contributed by atoms with Crippen molar-refractivity contribution in [1.29, 1.82) is 0 Å². The predicted octanol–water partition coefficient (Wildman–Crippen LogP) is 4.17. The average Bonchev–Trinajstić information content (AvgIpc) is 2.82. The fourth-order valence-corrected chi connectivity index (χ4v) is 4.45. The lowest BCUT2D eigenvalue weighted by Gasteiger charge is -2.36. The number of carbonyl (C=O) groups excluding carboxylic acids is 2. The van der Waals surface area contributed by atoms with Crippen molar-refractivity contribution in [3.63, 3.8) is 0 Å². The van der Waals surface area contributed by atoms with Crippen LogP contribution in [0.5, 0.6) is 11.5 Å². The molecule has 3 rings (SSSR count). The SMILES string of the molecule is COc1cc(CN(C(=S)NC(=O)c2ccc(Br)cc2)C2CCCCC2)ccc1OCC(N)=O. The van der Waals surface area contributed by atoms with Crippen LogP contribution in [0.4, 0.5) is 0 Å². The lowest BCUT2D eigenvalue weighted by molar-refractivity contribution is -0.119. The molecule has 0 radical (unpaired) electrons. The summed E-state index contributed by atoms with van der Waals surface area (Å²) in [6.07, 6.45) is 5.51. The Bertz CT molecular complexity index is 994. The summed E-state index contributed by atoms with van der Waals surface area (Å²) in [4.78, 5) is 25.9. The molecular formula is C24H28BrN3O4S. The zero-order valence-corrected chi connectivity index (χ0v) is 20.9. The maximum absolute atomic E-state index is 12.8. The number of amides is 2. The van der Waals surface area contributed by atoms with Crippen LogP contribution < -0.4 is 20.5 Å². The highest BCUT2D eigenvalue weighted by molar-refractivity contribution is 9.10. The Morgan fingerprint density at radius 3 is 2.45 bits per heavy atom. The van der Waals surface area contributed by atoms with Gasteiger partial charge in [-0.2, -0.15) is 0 Å². The molecule has 0 heterocycles. The molecule has 33 heavy (non-hydrogen) atoms. The van der Waals surface area contributed by atoms with Gasteiger partial charge in [0.1, 0.15) is 0 Å². The maximum Gasteiger partial charge on any atom is 0.257 e. The third kappa shape index (κ3) is 7.17. The van der Waals surface area contributed by atoms with Crippen LogP contribution in [0.2, 0.25) is 0 Å². The van der Waals surface area contributed by atoms with Crippen LogP contribution >= 0.6 is 28.1 Å². The smallest absolute Gasteiger partial charge is 0.257 e. The second kappa shape index (κ2) is 12.0. The summed E-state index contributed by atoms with van der Waals surface area (Å²) >= 11 is 9.08. The molecule has 0 aliphatic heterocycles. The molecule has 9 heteroatoms. The molecule has 0 bridgehead atoms. The Labute approximate surface area is 207 Å². The summed E-state index contributed by atoms with van der Waals surface area (Å²) in [7, 11) is 1.54. The Balaban J connectivity index is 1.77. The number of hydrogen-bond acceptors (Lipinski definition) is 5. The topological polar surface area (TPSA) is 93.9 Å². The van der Waals surface area contributed by atoms with Crippen molar-refractivity contribution in [2.24, 2.45) is 5.73 Å². The minimum absolute atomic E-state index is 0.226. The largest absolute Gasteiger partial charge is 0.493 e. The van der Waals surface area contributed by atoms with Crippen molar-refractivity contribution in [3.05, 3.63) is 58.1 Å². The van der Waals surface area contributed by atoms with Crippen molar-refractivity contribution in [2.45, 2.75) is 44.7 Å². The molecule has 0 atom stereocenters. The minimum atomic E-state index is -0.559. The first-order chi connectivity index (χ1) is 15.9. The highest BCUT2D eigenvalue weighted by Crippen LogP contribution is 2.30. The van der Waals surface area contributed by atoms with E-state index < -0.39 is 5.91 Å². The number of benzene rings is 2. The standard InChI is InChI=1S/C24H28BrN3O4S/c1-31-21-13-16(7-12-20(21)32-15-22(26)29)14-28(19-5-3-2-4-6-19)24(33)27-23(30)17-8-10-18(25)11-9-17/h7-13,19H,2-6,14-15H2,1H3,(H2,26,29)(H,27,30,33). The number of nitrogens with two attached hydrogens (primary N) is 1. The van der Waals surface area contributed by atoms with E-state index in [0.717, 1.165) is 35.7 Å². The molecular weight excluding hydrogens is 506 g/mol. The molecule has 2 aromatic carbocycles. The van der Waals surface area contributed by atoms with Crippen LogP contribution in [-0.4, -0.2) is 41.6 Å². The van der Waals surface area contributed by atoms with Gasteiger partial charge in [0.25, 0.3) is 11.8 Å². The third-order valence-corrected chi connectivity index (χ3v) is 6.42. The molecule has 0 spiro atoms. The summed E-state index contributed by atoms with van der Waals surface area (Å²) in [5, 5.41) is 3.31. The van der Waals surface area contributed by atoms with Gasteiger partial charge >= 0.3 is 0 Å². The van der Waals surface area contributed by atoms with Crippen LogP contribution in [-0.2, 0) is 11.3 Å². The summed E-state index contributed by atoms with van der Waals surface area (Å²) in [6, 6.07) is 12.9. The molecule has 1 saturated carbocycles. The van der Waals surface area contributed by atoms with Gasteiger partial charge in [-0.3, -0.25) is 14.9 Å². The van der Waals surface area contributed by atoms with E-state index >= 15 is 0 Å². The van der Waals surface area contributed by atoms with E-state index in [2.05, 4.69) is 26.1 Å². The highest BCUT2D eigenvalue weighted by atomic mass is 79.9. The molecule has 1 aliphatic rings. The molecule has 2 aromatic rings. The Morgan fingerprint density at radius 1 is 1.12 bits per heavy atom. The molecule has 0 aromatic heterocycles. The van der Waals surface area contributed by atoms with Crippen molar-refractivity contribution >= 4 is 45.1 Å². The predicted molar refractivity (Wildman–Crippen MR) is 134 cm³/mol. The van der Waals surface area contributed by atoms with E-state index in [1.807, 2.05) is 24.3 Å². The van der Waals surface area contributed by atoms with Crippen molar-refractivity contribution in [3.8, 4) is 11.5 Å². The number of methoxy groups -OCH3 is 1. The number of carbonyl (C=O) groups is 2. The van der Waals surface area contributed by atoms with E-state index in [1.165, 1.54) is 13.5 Å². The Kier molecular flexibility index (Phi) is 9.08. The summed E-state index contributed by atoms with van der Waals surface area (Å²) in [5.41, 5.74) is 6.66. The lowest BCUT2D eigenvalue weighted by Crippen LogP contribution is -2.48. The summed E-state index contributed by atoms with van der Waals surface area (Å²) in [6.45, 7) is 0.284. The third-order valence-electron chi connectivity index (χ3n) is 5.55. The molecule has 3 N–H and O–H groups in total. The minimum Gasteiger partial charge on any atom is -0.493 e. The van der Waals surface area contributed by atoms with E-state index in [9.17, 15) is 9.59 Å². The number of hydrogen-bond donors (Lipinski definition) is 2. The number of nitrogens with zero attached hydrogens (tertiary/aromatic N) is 1. The fraction of sp³-hybridized carbons (Fsp3) is 0.375. The van der Waals surface area contributed by atoms with Gasteiger partial charge < -0.3 is 20.1 Å². The van der Waals surface area contributed by atoms with Gasteiger partial charge in [0.15, 0.2) is 23.2 Å². The van der Waals surface area contributed by atoms with Crippen LogP contribution in [0.25, 0.3) is 0 Å². The van der Waals surface area contributed by atoms with Crippen LogP contribution in [0, 0.1) is 0 Å². The van der Waals surface area contributed by atoms with Gasteiger partial charge in [-0.25, -0.2) is 0 Å². The van der Waals surface area contributed by atoms with E-state index in [1.54, 1.807) is 18.2 Å². The van der Waals surface area contributed by atoms with Gasteiger partial charge in [-0.05, 0) is 67.0 Å². The zero-order chi connectivity index (χ0) is 23.8. The number of nitrogens with one attached hydrogen (secondary N) is 1. The summed E-state index contributed by atoms with van der Waals surface area (Å²) < 4.78 is 11.8. The zero-order valence-electron chi connectivity index (χ0n) is 18.5. The lowest BCUT2D eigenvalue weighted by atomic mass is 9.94. The van der Waals surface area contributed by atoms with Crippen molar-refractivity contribution in [1.82, 2.24) is 10.2 Å². The monoisotopic (exact) mass is 533 g/mol. The normalized spacial score (nSPS) is 13.8. The van der Waals surface area contributed by atoms with Crippen molar-refractivity contribution in [2.75, 3.05) is 13.7 Å². The average molecular weight is 534 g/mol. The second-order valence-electron chi connectivity index (χ2n) is 7.93.